The molecule has 0 radical (unpaired) electrons. The summed E-state index contributed by atoms with van der Waals surface area (Å²) < 4.78 is 18.4. The third-order valence-electron chi connectivity index (χ3n) is 3.40. The molecule has 1 aromatic rings. The number of hydrogen-bond donors (Lipinski definition) is 0. The molecule has 0 spiro atoms. The number of ether oxygens (including phenoxy) is 1. The summed E-state index contributed by atoms with van der Waals surface area (Å²) in [6.45, 7) is 0.520. The Morgan fingerprint density at radius 3 is 2.80 bits per heavy atom. The lowest BCUT2D eigenvalue weighted by atomic mass is 10.0. The Labute approximate surface area is 130 Å². The average Bonchev–Trinajstić information content (AvgIpc) is 2.46. The van der Waals surface area contributed by atoms with Crippen LogP contribution in [-0.4, -0.2) is 36.5 Å². The average molecular weight is 391 g/mol. The van der Waals surface area contributed by atoms with Crippen LogP contribution in [0.4, 0.5) is 4.39 Å². The lowest BCUT2D eigenvalue weighted by molar-refractivity contribution is -0.147. The monoisotopic (exact) mass is 391 g/mol. The summed E-state index contributed by atoms with van der Waals surface area (Å²) in [4.78, 5) is 25.9. The number of carbonyl (C=O) groups excluding carboxylic acids is 2. The summed E-state index contributed by atoms with van der Waals surface area (Å²) in [5.41, 5.74) is 0.419. The quantitative estimate of drug-likeness (QED) is 0.575. The second kappa shape index (κ2) is 6.51. The van der Waals surface area contributed by atoms with Gasteiger partial charge in [0.2, 0.25) is 0 Å². The minimum atomic E-state index is -0.540. The summed E-state index contributed by atoms with van der Waals surface area (Å²) in [5, 5.41) is 0. The third kappa shape index (κ3) is 3.11. The van der Waals surface area contributed by atoms with Crippen LogP contribution < -0.4 is 0 Å². The molecule has 20 heavy (non-hydrogen) atoms. The van der Waals surface area contributed by atoms with Crippen molar-refractivity contribution in [3.05, 3.63) is 33.1 Å². The van der Waals surface area contributed by atoms with Crippen LogP contribution in [0.1, 0.15) is 29.6 Å². The lowest BCUT2D eigenvalue weighted by Gasteiger charge is -2.34. The molecular formula is C14H15FINO3. The maximum Gasteiger partial charge on any atom is 0.328 e. The predicted molar refractivity (Wildman–Crippen MR) is 79.8 cm³/mol. The molecule has 0 unspecified atom stereocenters. The van der Waals surface area contributed by atoms with Crippen molar-refractivity contribution in [2.24, 2.45) is 0 Å². The van der Waals surface area contributed by atoms with Gasteiger partial charge in [0.15, 0.2) is 0 Å². The van der Waals surface area contributed by atoms with Crippen LogP contribution in [-0.2, 0) is 9.53 Å². The molecule has 1 saturated heterocycles. The molecule has 1 amide bonds. The molecule has 1 atom stereocenters. The summed E-state index contributed by atoms with van der Waals surface area (Å²) in [5.74, 6) is -1.02. The molecular weight excluding hydrogens is 376 g/mol. The second-order valence-electron chi connectivity index (χ2n) is 4.66. The van der Waals surface area contributed by atoms with Gasteiger partial charge in [-0.05, 0) is 60.1 Å². The van der Waals surface area contributed by atoms with Crippen molar-refractivity contribution >= 4 is 34.5 Å². The molecule has 1 heterocycles. The van der Waals surface area contributed by atoms with Crippen molar-refractivity contribution < 1.29 is 18.7 Å². The first kappa shape index (κ1) is 15.2. The molecule has 4 nitrogen and oxygen atoms in total. The molecule has 6 heteroatoms. The first-order valence-corrected chi connectivity index (χ1v) is 7.46. The SMILES string of the molecule is COC(=O)[C@H]1CCCCN1C(=O)c1ccc(F)cc1I. The minimum absolute atomic E-state index is 0.246. The number of rotatable bonds is 2. The molecule has 1 aliphatic heterocycles. The van der Waals surface area contributed by atoms with Gasteiger partial charge >= 0.3 is 5.97 Å². The van der Waals surface area contributed by atoms with Crippen LogP contribution >= 0.6 is 22.6 Å². The van der Waals surface area contributed by atoms with E-state index in [0.29, 0.717) is 22.1 Å². The summed E-state index contributed by atoms with van der Waals surface area (Å²) >= 11 is 1.93. The number of carbonyl (C=O) groups is 2. The fourth-order valence-electron chi connectivity index (χ4n) is 2.37. The van der Waals surface area contributed by atoms with Crippen LogP contribution in [0.25, 0.3) is 0 Å². The van der Waals surface area contributed by atoms with Crippen LogP contribution in [0.15, 0.2) is 18.2 Å². The largest absolute Gasteiger partial charge is 0.467 e. The van der Waals surface area contributed by atoms with E-state index < -0.39 is 12.0 Å². The molecule has 1 aliphatic rings. The maximum atomic E-state index is 13.1. The Kier molecular flexibility index (Phi) is 4.95. The highest BCUT2D eigenvalue weighted by molar-refractivity contribution is 14.1. The summed E-state index contributed by atoms with van der Waals surface area (Å²) in [6, 6.07) is 3.49. The van der Waals surface area contributed by atoms with Crippen LogP contribution in [0.2, 0.25) is 0 Å². The highest BCUT2D eigenvalue weighted by atomic mass is 127. The molecule has 0 aromatic heterocycles. The van der Waals surface area contributed by atoms with E-state index in [-0.39, 0.29) is 11.7 Å². The first-order valence-electron chi connectivity index (χ1n) is 6.38. The first-order chi connectivity index (χ1) is 9.54. The fraction of sp³-hybridized carbons (Fsp3) is 0.429. The van der Waals surface area contributed by atoms with Crippen molar-refractivity contribution in [1.29, 1.82) is 0 Å². The highest BCUT2D eigenvalue weighted by Crippen LogP contribution is 2.23. The molecule has 1 fully saturated rings. The third-order valence-corrected chi connectivity index (χ3v) is 4.29. The number of halogens is 2. The van der Waals surface area contributed by atoms with E-state index >= 15 is 0 Å². The number of hydrogen-bond acceptors (Lipinski definition) is 3. The smallest absolute Gasteiger partial charge is 0.328 e. The molecule has 0 saturated carbocycles. The number of piperidine rings is 1. The second-order valence-corrected chi connectivity index (χ2v) is 5.82. The van der Waals surface area contributed by atoms with Gasteiger partial charge in [-0.1, -0.05) is 0 Å². The normalized spacial score (nSPS) is 18.8. The maximum absolute atomic E-state index is 13.1. The Morgan fingerprint density at radius 2 is 2.15 bits per heavy atom. The van der Waals surface area contributed by atoms with Crippen molar-refractivity contribution in [2.45, 2.75) is 25.3 Å². The molecule has 0 N–H and O–H groups in total. The molecule has 0 bridgehead atoms. The van der Waals surface area contributed by atoms with Gasteiger partial charge in [-0.2, -0.15) is 0 Å². The predicted octanol–water partition coefficient (Wildman–Crippen LogP) is 2.60. The highest BCUT2D eigenvalue weighted by Gasteiger charge is 2.33. The molecule has 1 aromatic carbocycles. The number of likely N-dealkylation sites (tertiary alicyclic amines) is 1. The number of amides is 1. The van der Waals surface area contributed by atoms with E-state index in [4.69, 9.17) is 4.74 Å². The van der Waals surface area contributed by atoms with Gasteiger partial charge in [0, 0.05) is 10.1 Å². The van der Waals surface area contributed by atoms with E-state index in [2.05, 4.69) is 0 Å². The molecule has 2 rings (SSSR count). The van der Waals surface area contributed by atoms with Gasteiger partial charge in [0.05, 0.1) is 12.7 Å². The number of nitrogens with zero attached hydrogens (tertiary/aromatic N) is 1. The van der Waals surface area contributed by atoms with Crippen molar-refractivity contribution in [3.8, 4) is 0 Å². The van der Waals surface area contributed by atoms with E-state index in [1.807, 2.05) is 22.6 Å². The van der Waals surface area contributed by atoms with Gasteiger partial charge in [-0.3, -0.25) is 4.79 Å². The molecule has 0 aliphatic carbocycles. The van der Waals surface area contributed by atoms with Gasteiger partial charge in [-0.25, -0.2) is 9.18 Å². The number of esters is 1. The Hall–Kier alpha value is -1.18. The van der Waals surface area contributed by atoms with E-state index in [1.54, 1.807) is 0 Å². The summed E-state index contributed by atoms with van der Waals surface area (Å²) in [7, 11) is 1.32. The molecule has 108 valence electrons. The number of methoxy groups -OCH3 is 1. The van der Waals surface area contributed by atoms with Crippen molar-refractivity contribution in [3.63, 3.8) is 0 Å². The van der Waals surface area contributed by atoms with E-state index in [1.165, 1.54) is 30.2 Å². The lowest BCUT2D eigenvalue weighted by Crippen LogP contribution is -2.48. The van der Waals surface area contributed by atoms with Gasteiger partial charge < -0.3 is 9.64 Å². The topological polar surface area (TPSA) is 46.6 Å². The number of benzene rings is 1. The zero-order valence-corrected chi connectivity index (χ0v) is 13.2. The van der Waals surface area contributed by atoms with E-state index in [9.17, 15) is 14.0 Å². The van der Waals surface area contributed by atoms with Gasteiger partial charge in [0.1, 0.15) is 11.9 Å². The summed E-state index contributed by atoms with van der Waals surface area (Å²) in [6.07, 6.45) is 2.36. The fourth-order valence-corrected chi connectivity index (χ4v) is 3.08. The van der Waals surface area contributed by atoms with Gasteiger partial charge in [-0.15, -0.1) is 0 Å². The standard InChI is InChI=1S/C14H15FINO3/c1-20-14(19)12-4-2-3-7-17(12)13(18)10-6-5-9(15)8-11(10)16/h5-6,8,12H,2-4,7H2,1H3/t12-/m1/s1. The van der Waals surface area contributed by atoms with Gasteiger partial charge in [0.25, 0.3) is 5.91 Å². The van der Waals surface area contributed by atoms with Crippen LogP contribution in [0.3, 0.4) is 0 Å². The Morgan fingerprint density at radius 1 is 1.40 bits per heavy atom. The Balaban J connectivity index is 2.27. The minimum Gasteiger partial charge on any atom is -0.467 e. The van der Waals surface area contributed by atoms with Crippen LogP contribution in [0.5, 0.6) is 0 Å². The zero-order chi connectivity index (χ0) is 14.7. The van der Waals surface area contributed by atoms with Crippen molar-refractivity contribution in [2.75, 3.05) is 13.7 Å². The van der Waals surface area contributed by atoms with Crippen molar-refractivity contribution in [1.82, 2.24) is 4.90 Å². The Bertz CT molecular complexity index is 535. The zero-order valence-electron chi connectivity index (χ0n) is 11.1. The van der Waals surface area contributed by atoms with E-state index in [0.717, 1.165) is 12.8 Å². The van der Waals surface area contributed by atoms with Crippen LogP contribution in [0, 0.1) is 9.39 Å².